The molecule has 2 aromatic heterocycles. The van der Waals surface area contributed by atoms with E-state index in [-0.39, 0.29) is 0 Å². The Morgan fingerprint density at radius 2 is 1.18 bits per heavy atom. The molecule has 0 saturated heterocycles. The zero-order valence-electron chi connectivity index (χ0n) is 29.9. The van der Waals surface area contributed by atoms with Crippen molar-refractivity contribution in [2.24, 2.45) is 0 Å². The lowest BCUT2D eigenvalue weighted by atomic mass is 9.95. The highest BCUT2D eigenvalue weighted by Crippen LogP contribution is 2.41. The van der Waals surface area contributed by atoms with Crippen molar-refractivity contribution < 1.29 is 8.83 Å². The van der Waals surface area contributed by atoms with Crippen molar-refractivity contribution in [2.75, 3.05) is 4.90 Å². The van der Waals surface area contributed by atoms with Gasteiger partial charge >= 0.3 is 0 Å². The van der Waals surface area contributed by atoms with E-state index in [1.54, 1.807) is 0 Å². The second-order valence-electron chi connectivity index (χ2n) is 14.2. The molecule has 0 N–H and O–H groups in total. The number of nitrogens with zero attached hydrogens (tertiary/aromatic N) is 1. The zero-order chi connectivity index (χ0) is 36.3. The van der Waals surface area contributed by atoms with E-state index in [0.29, 0.717) is 0 Å². The summed E-state index contributed by atoms with van der Waals surface area (Å²) in [5.41, 5.74) is 13.4. The van der Waals surface area contributed by atoms with Gasteiger partial charge in [0.2, 0.25) is 0 Å². The van der Waals surface area contributed by atoms with Crippen LogP contribution in [-0.4, -0.2) is 0 Å². The van der Waals surface area contributed by atoms with Gasteiger partial charge < -0.3 is 13.7 Å². The molecule has 0 amide bonds. The predicted molar refractivity (Wildman–Crippen MR) is 226 cm³/mol. The number of hydrogen-bond acceptors (Lipinski definition) is 3. The van der Waals surface area contributed by atoms with E-state index in [1.165, 1.54) is 27.5 Å². The molecule has 0 atom stereocenters. The Bertz CT molecular complexity index is 3210. The lowest BCUT2D eigenvalue weighted by molar-refractivity contribution is 0.566. The Kier molecular flexibility index (Phi) is 7.21. The molecule has 0 saturated carbocycles. The highest BCUT2D eigenvalue weighted by atomic mass is 16.3. The lowest BCUT2D eigenvalue weighted by Crippen LogP contribution is -2.33. The second kappa shape index (κ2) is 12.7. The van der Waals surface area contributed by atoms with Gasteiger partial charge in [-0.1, -0.05) is 140 Å². The molecule has 0 spiro atoms. The minimum atomic E-state index is 0.797. The fourth-order valence-corrected chi connectivity index (χ4v) is 8.38. The zero-order valence-corrected chi connectivity index (χ0v) is 29.9. The molecule has 1 aliphatic carbocycles. The molecule has 3 nitrogen and oxygen atoms in total. The summed E-state index contributed by atoms with van der Waals surface area (Å²) in [7, 11) is 0. The van der Waals surface area contributed by atoms with Crippen molar-refractivity contribution in [3.63, 3.8) is 0 Å². The third kappa shape index (κ3) is 5.23. The summed E-state index contributed by atoms with van der Waals surface area (Å²) >= 11 is 0. The van der Waals surface area contributed by atoms with Gasteiger partial charge in [-0.2, -0.15) is 0 Å². The summed E-state index contributed by atoms with van der Waals surface area (Å²) in [6.07, 6.45) is 4.06. The van der Waals surface area contributed by atoms with Gasteiger partial charge in [-0.05, 0) is 94.4 Å². The summed E-state index contributed by atoms with van der Waals surface area (Å²) in [6, 6.07) is 67.0. The Morgan fingerprint density at radius 3 is 2.07 bits per heavy atom. The molecule has 3 heteroatoms. The van der Waals surface area contributed by atoms with Crippen molar-refractivity contribution in [3.05, 3.63) is 193 Å². The summed E-state index contributed by atoms with van der Waals surface area (Å²) < 4.78 is 13.0. The third-order valence-electron chi connectivity index (χ3n) is 11.0. The minimum Gasteiger partial charge on any atom is -0.455 e. The van der Waals surface area contributed by atoms with Crippen molar-refractivity contribution in [1.82, 2.24) is 0 Å². The van der Waals surface area contributed by atoms with Crippen molar-refractivity contribution in [2.45, 2.75) is 12.8 Å². The van der Waals surface area contributed by atoms with Crippen LogP contribution in [-0.2, 0) is 0 Å². The van der Waals surface area contributed by atoms with E-state index in [4.69, 9.17) is 8.83 Å². The number of para-hydroxylation sites is 3. The van der Waals surface area contributed by atoms with Crippen LogP contribution in [0.5, 0.6) is 0 Å². The highest BCUT2D eigenvalue weighted by Gasteiger charge is 2.24. The first kappa shape index (κ1) is 31.3. The predicted octanol–water partition coefficient (Wildman–Crippen LogP) is 12.6. The molecular formula is C52H33NO2. The molecule has 1 aliphatic rings. The Labute approximate surface area is 318 Å². The topological polar surface area (TPSA) is 29.5 Å². The van der Waals surface area contributed by atoms with Gasteiger partial charge in [0, 0.05) is 32.8 Å². The van der Waals surface area contributed by atoms with Gasteiger partial charge in [-0.3, -0.25) is 0 Å². The first-order chi connectivity index (χ1) is 27.3. The molecule has 55 heavy (non-hydrogen) atoms. The minimum absolute atomic E-state index is 0.797. The molecule has 10 aromatic rings. The maximum Gasteiger partial charge on any atom is 0.154 e. The molecule has 0 radical (unpaired) electrons. The van der Waals surface area contributed by atoms with Gasteiger partial charge in [-0.15, -0.1) is 0 Å². The molecule has 0 bridgehead atoms. The largest absolute Gasteiger partial charge is 0.455 e. The Balaban J connectivity index is 1.07. The lowest BCUT2D eigenvalue weighted by Gasteiger charge is -2.30. The van der Waals surface area contributed by atoms with Crippen molar-refractivity contribution >= 4 is 66.8 Å². The maximum atomic E-state index is 6.70. The molecule has 258 valence electrons. The molecule has 0 aliphatic heterocycles. The van der Waals surface area contributed by atoms with Crippen molar-refractivity contribution in [3.8, 4) is 33.4 Å². The van der Waals surface area contributed by atoms with E-state index < -0.39 is 0 Å². The number of benzene rings is 7. The monoisotopic (exact) mass is 703 g/mol. The van der Waals surface area contributed by atoms with Crippen LogP contribution in [0, 0.1) is 12.1 Å². The number of anilines is 2. The van der Waals surface area contributed by atoms with Crippen LogP contribution in [0.1, 0.15) is 12.8 Å². The standard InChI is InChI=1S/C52H33NO2/c1-2-16-40-35(12-1)13-10-20-41(40)37-15-9-14-36(32-37)34-26-29-39(30-27-34)53(48-23-11-21-46-44-19-5-8-25-50(44)55-52(46)48)47-22-6-3-17-42(47)38-28-31-45-43-18-4-7-24-49(43)54-51(45)33-38/h1-10,12-22,24-27,29-30,32-33H,11,23H2. The molecule has 2 heterocycles. The Morgan fingerprint density at radius 1 is 0.491 bits per heavy atom. The van der Waals surface area contributed by atoms with Crippen LogP contribution in [0.15, 0.2) is 179 Å². The highest BCUT2D eigenvalue weighted by molar-refractivity contribution is 6.05. The molecule has 0 fully saturated rings. The molecule has 11 rings (SSSR count). The molecular weight excluding hydrogens is 671 g/mol. The summed E-state index contributed by atoms with van der Waals surface area (Å²) in [5.74, 6) is 0. The smallest absolute Gasteiger partial charge is 0.154 e. The third-order valence-corrected chi connectivity index (χ3v) is 11.0. The summed E-state index contributed by atoms with van der Waals surface area (Å²) in [5, 5.41) is 6.79. The first-order valence-electron chi connectivity index (χ1n) is 18.8. The van der Waals surface area contributed by atoms with Crippen LogP contribution >= 0.6 is 0 Å². The van der Waals surface area contributed by atoms with E-state index in [0.717, 1.165) is 90.1 Å². The van der Waals surface area contributed by atoms with Crippen LogP contribution in [0.2, 0.25) is 0 Å². The Hall–Kier alpha value is -7.28. The summed E-state index contributed by atoms with van der Waals surface area (Å²) in [4.78, 5) is 2.39. The normalized spacial score (nSPS) is 12.5. The number of rotatable bonds is 6. The van der Waals surface area contributed by atoms with E-state index >= 15 is 0 Å². The van der Waals surface area contributed by atoms with Gasteiger partial charge in [0.15, 0.2) is 5.42 Å². The number of fused-ring (bicyclic) bond motifs is 7. The van der Waals surface area contributed by atoms with E-state index in [2.05, 4.69) is 169 Å². The van der Waals surface area contributed by atoms with E-state index in [1.807, 2.05) is 24.3 Å². The van der Waals surface area contributed by atoms with Gasteiger partial charge in [0.25, 0.3) is 0 Å². The SMILES string of the molecule is c1c(-c2ccccc2N(C2=c3oc4ccccc4c3=CCC2)c2ccc(-c3cccc(-c4cccc5ccccc45)c3)cc2)cc2oc3ccccc3c2c#1. The first-order valence-corrected chi connectivity index (χ1v) is 18.8. The number of hydrogen-bond donors (Lipinski definition) is 0. The quantitative estimate of drug-likeness (QED) is 0.173. The van der Waals surface area contributed by atoms with Gasteiger partial charge in [-0.25, -0.2) is 0 Å². The summed E-state index contributed by atoms with van der Waals surface area (Å²) in [6.45, 7) is 0. The second-order valence-corrected chi connectivity index (χ2v) is 14.2. The van der Waals surface area contributed by atoms with Crippen LogP contribution in [0.4, 0.5) is 11.4 Å². The van der Waals surface area contributed by atoms with Crippen molar-refractivity contribution in [1.29, 1.82) is 0 Å². The van der Waals surface area contributed by atoms with Gasteiger partial charge in [0.1, 0.15) is 16.7 Å². The fourth-order valence-electron chi connectivity index (χ4n) is 8.38. The van der Waals surface area contributed by atoms with Crippen LogP contribution < -0.4 is 15.5 Å². The van der Waals surface area contributed by atoms with Crippen LogP contribution in [0.3, 0.4) is 0 Å². The average molecular weight is 704 g/mol. The fraction of sp³-hybridized carbons (Fsp3) is 0.0385. The van der Waals surface area contributed by atoms with Crippen LogP contribution in [0.25, 0.3) is 88.8 Å². The van der Waals surface area contributed by atoms with Gasteiger partial charge in [0.05, 0.1) is 16.8 Å². The maximum absolute atomic E-state index is 6.70. The molecule has 0 unspecified atom stereocenters. The number of furan rings is 2. The average Bonchev–Trinajstić information content (AvgIpc) is 3.83. The molecule has 8 aromatic carbocycles. The van der Waals surface area contributed by atoms with E-state index in [9.17, 15) is 0 Å².